The van der Waals surface area contributed by atoms with Gasteiger partial charge in [-0.25, -0.2) is 4.79 Å². The van der Waals surface area contributed by atoms with E-state index in [2.05, 4.69) is 16.0 Å². The molecule has 0 atom stereocenters. The first kappa shape index (κ1) is 17.3. The highest BCUT2D eigenvalue weighted by Gasteiger charge is 2.13. The van der Waals surface area contributed by atoms with Crippen LogP contribution in [0.2, 0.25) is 0 Å². The van der Waals surface area contributed by atoms with Gasteiger partial charge in [-0.15, -0.1) is 0 Å². The van der Waals surface area contributed by atoms with Crippen LogP contribution in [0.1, 0.15) is 51.4 Å². The van der Waals surface area contributed by atoms with Crippen LogP contribution in [0.25, 0.3) is 0 Å². The molecule has 1 aromatic rings. The van der Waals surface area contributed by atoms with Crippen LogP contribution < -0.4 is 16.0 Å². The molecule has 0 aliphatic heterocycles. The van der Waals surface area contributed by atoms with Crippen LogP contribution in [-0.4, -0.2) is 19.0 Å². The molecule has 0 unspecified atom stereocenters. The van der Waals surface area contributed by atoms with Crippen molar-refractivity contribution in [3.05, 3.63) is 24.3 Å². The molecule has 3 amide bonds. The summed E-state index contributed by atoms with van der Waals surface area (Å²) in [4.78, 5) is 23.2. The summed E-state index contributed by atoms with van der Waals surface area (Å²) in [5.41, 5.74) is 1.45. The predicted octanol–water partition coefficient (Wildman–Crippen LogP) is 4.13. The van der Waals surface area contributed by atoms with Crippen molar-refractivity contribution < 1.29 is 9.59 Å². The van der Waals surface area contributed by atoms with Gasteiger partial charge in [0, 0.05) is 24.8 Å². The first-order valence-electron chi connectivity index (χ1n) is 8.56. The van der Waals surface area contributed by atoms with Gasteiger partial charge in [-0.1, -0.05) is 32.1 Å². The van der Waals surface area contributed by atoms with Crippen molar-refractivity contribution >= 4 is 23.3 Å². The van der Waals surface area contributed by atoms with Gasteiger partial charge >= 0.3 is 6.03 Å². The van der Waals surface area contributed by atoms with Gasteiger partial charge in [0.2, 0.25) is 5.91 Å². The monoisotopic (exact) mass is 317 g/mol. The lowest BCUT2D eigenvalue weighted by Gasteiger charge is -2.21. The second-order valence-electron chi connectivity index (χ2n) is 6.23. The van der Waals surface area contributed by atoms with E-state index in [-0.39, 0.29) is 11.9 Å². The Morgan fingerprint density at radius 1 is 1.00 bits per heavy atom. The third kappa shape index (κ3) is 6.30. The number of carbonyl (C=O) groups excluding carboxylic acids is 2. The number of benzene rings is 1. The largest absolute Gasteiger partial charge is 0.341 e. The summed E-state index contributed by atoms with van der Waals surface area (Å²) in [5.74, 6) is 0.888. The minimum atomic E-state index is -0.260. The van der Waals surface area contributed by atoms with Crippen LogP contribution >= 0.6 is 0 Å². The molecule has 5 nitrogen and oxygen atoms in total. The number of amides is 3. The second kappa shape index (κ2) is 9.18. The van der Waals surface area contributed by atoms with E-state index in [9.17, 15) is 9.59 Å². The zero-order chi connectivity index (χ0) is 16.5. The molecule has 2 rings (SSSR count). The first-order valence-corrected chi connectivity index (χ1v) is 8.56. The molecular weight excluding hydrogens is 290 g/mol. The Labute approximate surface area is 138 Å². The summed E-state index contributed by atoms with van der Waals surface area (Å²) in [6, 6.07) is 6.87. The lowest BCUT2D eigenvalue weighted by Crippen LogP contribution is -2.24. The zero-order valence-corrected chi connectivity index (χ0v) is 13.9. The third-order valence-electron chi connectivity index (χ3n) is 4.39. The third-order valence-corrected chi connectivity index (χ3v) is 4.39. The number of anilines is 2. The molecule has 0 bridgehead atoms. The van der Waals surface area contributed by atoms with Crippen molar-refractivity contribution in [2.24, 2.45) is 5.92 Å². The summed E-state index contributed by atoms with van der Waals surface area (Å²) in [6.07, 6.45) is 9.47. The molecule has 0 saturated heterocycles. The Morgan fingerprint density at radius 2 is 1.61 bits per heavy atom. The van der Waals surface area contributed by atoms with Gasteiger partial charge in [-0.05, 0) is 43.0 Å². The SMILES string of the molecule is CNC(=O)Nc1ccc(NC(=O)CCCC2CCCCC2)cc1. The van der Waals surface area contributed by atoms with Crippen molar-refractivity contribution in [2.75, 3.05) is 17.7 Å². The van der Waals surface area contributed by atoms with Crippen LogP contribution in [0.4, 0.5) is 16.2 Å². The van der Waals surface area contributed by atoms with Gasteiger partial charge in [-0.3, -0.25) is 4.79 Å². The Balaban J connectivity index is 1.69. The Morgan fingerprint density at radius 3 is 2.22 bits per heavy atom. The summed E-state index contributed by atoms with van der Waals surface area (Å²) in [7, 11) is 1.57. The first-order chi connectivity index (χ1) is 11.2. The highest BCUT2D eigenvalue weighted by Crippen LogP contribution is 2.27. The quantitative estimate of drug-likeness (QED) is 0.738. The van der Waals surface area contributed by atoms with Crippen LogP contribution in [0.5, 0.6) is 0 Å². The fourth-order valence-corrected chi connectivity index (χ4v) is 3.08. The van der Waals surface area contributed by atoms with E-state index in [0.29, 0.717) is 12.1 Å². The van der Waals surface area contributed by atoms with Crippen molar-refractivity contribution in [1.82, 2.24) is 5.32 Å². The summed E-state index contributed by atoms with van der Waals surface area (Å²) in [5, 5.41) is 8.08. The maximum atomic E-state index is 12.0. The van der Waals surface area contributed by atoms with Crippen LogP contribution in [0, 0.1) is 5.92 Å². The van der Waals surface area contributed by atoms with E-state index in [1.54, 1.807) is 31.3 Å². The second-order valence-corrected chi connectivity index (χ2v) is 6.23. The average Bonchev–Trinajstić information content (AvgIpc) is 2.57. The Bertz CT molecular complexity index is 508. The fourth-order valence-electron chi connectivity index (χ4n) is 3.08. The highest BCUT2D eigenvalue weighted by atomic mass is 16.2. The molecule has 1 saturated carbocycles. The molecule has 23 heavy (non-hydrogen) atoms. The van der Waals surface area contributed by atoms with Crippen LogP contribution in [-0.2, 0) is 4.79 Å². The van der Waals surface area contributed by atoms with Gasteiger partial charge in [0.05, 0.1) is 0 Å². The molecular formula is C18H27N3O2. The number of hydrogen-bond donors (Lipinski definition) is 3. The summed E-state index contributed by atoms with van der Waals surface area (Å²) < 4.78 is 0. The molecule has 1 aliphatic rings. The van der Waals surface area contributed by atoms with Crippen LogP contribution in [0.3, 0.4) is 0 Å². The smallest absolute Gasteiger partial charge is 0.318 e. The lowest BCUT2D eigenvalue weighted by atomic mass is 9.86. The molecule has 1 aliphatic carbocycles. The van der Waals surface area contributed by atoms with Gasteiger partial charge in [0.1, 0.15) is 0 Å². The lowest BCUT2D eigenvalue weighted by molar-refractivity contribution is -0.116. The summed E-state index contributed by atoms with van der Waals surface area (Å²) >= 11 is 0. The van der Waals surface area contributed by atoms with Crippen molar-refractivity contribution in [1.29, 1.82) is 0 Å². The molecule has 5 heteroatoms. The molecule has 0 aromatic heterocycles. The van der Waals surface area contributed by atoms with Crippen molar-refractivity contribution in [3.8, 4) is 0 Å². The summed E-state index contributed by atoms with van der Waals surface area (Å²) in [6.45, 7) is 0. The number of urea groups is 1. The van der Waals surface area contributed by atoms with Crippen molar-refractivity contribution in [3.63, 3.8) is 0 Å². The van der Waals surface area contributed by atoms with E-state index < -0.39 is 0 Å². The van der Waals surface area contributed by atoms with Crippen LogP contribution in [0.15, 0.2) is 24.3 Å². The Hall–Kier alpha value is -2.04. The van der Waals surface area contributed by atoms with E-state index in [1.807, 2.05) is 0 Å². The normalized spacial score (nSPS) is 15.0. The number of rotatable bonds is 6. The minimum absolute atomic E-state index is 0.0628. The highest BCUT2D eigenvalue weighted by molar-refractivity contribution is 5.92. The fraction of sp³-hybridized carbons (Fsp3) is 0.556. The molecule has 0 heterocycles. The number of carbonyl (C=O) groups is 2. The van der Waals surface area contributed by atoms with Gasteiger partial charge in [-0.2, -0.15) is 0 Å². The molecule has 126 valence electrons. The van der Waals surface area contributed by atoms with Gasteiger partial charge in [0.15, 0.2) is 0 Å². The minimum Gasteiger partial charge on any atom is -0.341 e. The zero-order valence-electron chi connectivity index (χ0n) is 13.9. The van der Waals surface area contributed by atoms with E-state index in [0.717, 1.165) is 18.0 Å². The topological polar surface area (TPSA) is 70.2 Å². The number of nitrogens with one attached hydrogen (secondary N) is 3. The average molecular weight is 317 g/mol. The maximum Gasteiger partial charge on any atom is 0.318 e. The molecule has 3 N–H and O–H groups in total. The molecule has 1 aromatic carbocycles. The van der Waals surface area contributed by atoms with Crippen molar-refractivity contribution in [2.45, 2.75) is 51.4 Å². The van der Waals surface area contributed by atoms with E-state index in [1.165, 1.54) is 38.5 Å². The standard InChI is InChI=1S/C18H27N3O2/c1-19-18(23)21-16-12-10-15(11-13-16)20-17(22)9-5-8-14-6-3-2-4-7-14/h10-14H,2-9H2,1H3,(H,20,22)(H2,19,21,23). The van der Waals surface area contributed by atoms with Gasteiger partial charge < -0.3 is 16.0 Å². The van der Waals surface area contributed by atoms with E-state index >= 15 is 0 Å². The molecule has 1 fully saturated rings. The molecule has 0 spiro atoms. The Kier molecular flexibility index (Phi) is 6.91. The predicted molar refractivity (Wildman–Crippen MR) is 93.6 cm³/mol. The number of hydrogen-bond acceptors (Lipinski definition) is 2. The van der Waals surface area contributed by atoms with E-state index in [4.69, 9.17) is 0 Å². The van der Waals surface area contributed by atoms with Gasteiger partial charge in [0.25, 0.3) is 0 Å². The molecule has 0 radical (unpaired) electrons. The maximum absolute atomic E-state index is 12.0.